The van der Waals surface area contributed by atoms with Crippen LogP contribution < -0.4 is 5.32 Å². The van der Waals surface area contributed by atoms with Gasteiger partial charge in [0.15, 0.2) is 0 Å². The van der Waals surface area contributed by atoms with E-state index in [1.807, 2.05) is 12.4 Å². The van der Waals surface area contributed by atoms with Crippen molar-refractivity contribution in [2.24, 2.45) is 11.8 Å². The lowest BCUT2D eigenvalue weighted by Gasteiger charge is -2.32. The number of hydrogen-bond donors (Lipinski definition) is 1. The third kappa shape index (κ3) is 3.29. The van der Waals surface area contributed by atoms with Crippen LogP contribution in [0, 0.1) is 11.8 Å². The summed E-state index contributed by atoms with van der Waals surface area (Å²) in [5.74, 6) is 1.66. The molecule has 2 nitrogen and oxygen atoms in total. The van der Waals surface area contributed by atoms with Gasteiger partial charge in [-0.1, -0.05) is 19.8 Å². The van der Waals surface area contributed by atoms with Gasteiger partial charge < -0.3 is 5.32 Å². The van der Waals surface area contributed by atoms with E-state index in [1.165, 1.54) is 31.2 Å². The highest BCUT2D eigenvalue weighted by Gasteiger charge is 2.26. The van der Waals surface area contributed by atoms with E-state index in [0.717, 1.165) is 16.3 Å². The van der Waals surface area contributed by atoms with E-state index in [1.54, 1.807) is 0 Å². The first kappa shape index (κ1) is 13.0. The van der Waals surface area contributed by atoms with Gasteiger partial charge in [-0.3, -0.25) is 4.98 Å². The second-order valence-electron chi connectivity index (χ2n) is 5.22. The van der Waals surface area contributed by atoms with Gasteiger partial charge in [-0.2, -0.15) is 0 Å². The van der Waals surface area contributed by atoms with Crippen molar-refractivity contribution < 1.29 is 0 Å². The molecule has 1 aliphatic carbocycles. The number of hydrogen-bond acceptors (Lipinski definition) is 2. The van der Waals surface area contributed by atoms with Crippen LogP contribution in [0.15, 0.2) is 22.9 Å². The molecule has 1 atom stereocenters. The van der Waals surface area contributed by atoms with Crippen molar-refractivity contribution >= 4 is 15.9 Å². The Kier molecular flexibility index (Phi) is 4.57. The molecule has 0 aliphatic heterocycles. The fourth-order valence-electron chi connectivity index (χ4n) is 2.89. The number of rotatable bonds is 3. The second-order valence-corrected chi connectivity index (χ2v) is 6.14. The first-order chi connectivity index (χ1) is 8.20. The maximum atomic E-state index is 4.28. The molecule has 1 N–H and O–H groups in total. The van der Waals surface area contributed by atoms with Crippen LogP contribution in [-0.2, 0) is 0 Å². The summed E-state index contributed by atoms with van der Waals surface area (Å²) in [6.45, 7) is 2.37. The normalized spacial score (nSPS) is 26.8. The molecule has 0 spiro atoms. The van der Waals surface area contributed by atoms with E-state index in [0.29, 0.717) is 6.04 Å². The molecule has 94 valence electrons. The summed E-state index contributed by atoms with van der Waals surface area (Å²) in [6, 6.07) is 2.64. The van der Waals surface area contributed by atoms with Crippen molar-refractivity contribution in [3.63, 3.8) is 0 Å². The molecule has 0 amide bonds. The van der Waals surface area contributed by atoms with Gasteiger partial charge in [0.1, 0.15) is 0 Å². The van der Waals surface area contributed by atoms with Crippen LogP contribution in [0.25, 0.3) is 0 Å². The van der Waals surface area contributed by atoms with Gasteiger partial charge in [0.2, 0.25) is 0 Å². The SMILES string of the molecule is CNC(c1cncc(Br)c1)C1CCC(C)CC1. The largest absolute Gasteiger partial charge is 0.313 e. The minimum absolute atomic E-state index is 0.451. The lowest BCUT2D eigenvalue weighted by Crippen LogP contribution is -2.28. The van der Waals surface area contributed by atoms with Crippen molar-refractivity contribution in [1.82, 2.24) is 10.3 Å². The van der Waals surface area contributed by atoms with Crippen molar-refractivity contribution in [1.29, 1.82) is 0 Å². The first-order valence-corrected chi connectivity index (χ1v) is 7.27. The number of pyridine rings is 1. The van der Waals surface area contributed by atoms with Gasteiger partial charge >= 0.3 is 0 Å². The van der Waals surface area contributed by atoms with Gasteiger partial charge in [-0.05, 0) is 59.3 Å². The van der Waals surface area contributed by atoms with Crippen LogP contribution in [0.3, 0.4) is 0 Å². The number of nitrogens with one attached hydrogen (secondary N) is 1. The Balaban J connectivity index is 2.10. The van der Waals surface area contributed by atoms with Crippen LogP contribution in [0.1, 0.15) is 44.2 Å². The minimum Gasteiger partial charge on any atom is -0.313 e. The Hall–Kier alpha value is -0.410. The van der Waals surface area contributed by atoms with Gasteiger partial charge in [0.25, 0.3) is 0 Å². The highest BCUT2D eigenvalue weighted by Crippen LogP contribution is 2.36. The molecule has 3 heteroatoms. The zero-order valence-electron chi connectivity index (χ0n) is 10.6. The Bertz CT molecular complexity index is 359. The van der Waals surface area contributed by atoms with Crippen molar-refractivity contribution in [2.75, 3.05) is 7.05 Å². The summed E-state index contributed by atoms with van der Waals surface area (Å²) in [5.41, 5.74) is 1.31. The van der Waals surface area contributed by atoms with Crippen LogP contribution in [-0.4, -0.2) is 12.0 Å². The molecular formula is C14H21BrN2. The Morgan fingerprint density at radius 1 is 1.29 bits per heavy atom. The van der Waals surface area contributed by atoms with Gasteiger partial charge in [-0.15, -0.1) is 0 Å². The fraction of sp³-hybridized carbons (Fsp3) is 0.643. The summed E-state index contributed by atoms with van der Waals surface area (Å²) < 4.78 is 1.07. The zero-order valence-corrected chi connectivity index (χ0v) is 12.2. The molecule has 1 saturated carbocycles. The van der Waals surface area contributed by atoms with Crippen LogP contribution >= 0.6 is 15.9 Å². The lowest BCUT2D eigenvalue weighted by molar-refractivity contribution is 0.237. The number of nitrogens with zero attached hydrogens (tertiary/aromatic N) is 1. The average molecular weight is 297 g/mol. The second kappa shape index (κ2) is 5.96. The summed E-state index contributed by atoms with van der Waals surface area (Å²) in [7, 11) is 2.06. The summed E-state index contributed by atoms with van der Waals surface area (Å²) in [6.07, 6.45) is 9.23. The molecule has 1 aliphatic rings. The quantitative estimate of drug-likeness (QED) is 0.914. The molecule has 0 saturated heterocycles. The summed E-state index contributed by atoms with van der Waals surface area (Å²) in [5, 5.41) is 3.47. The molecule has 1 unspecified atom stereocenters. The average Bonchev–Trinajstić information content (AvgIpc) is 2.33. The molecular weight excluding hydrogens is 276 g/mol. The molecule has 1 aromatic heterocycles. The van der Waals surface area contributed by atoms with Crippen LogP contribution in [0.2, 0.25) is 0 Å². The third-order valence-electron chi connectivity index (χ3n) is 3.93. The highest BCUT2D eigenvalue weighted by atomic mass is 79.9. The standard InChI is InChI=1S/C14H21BrN2/c1-10-3-5-11(6-4-10)14(16-2)12-7-13(15)9-17-8-12/h7-11,14,16H,3-6H2,1-2H3. The smallest absolute Gasteiger partial charge is 0.0410 e. The predicted octanol–water partition coefficient (Wildman–Crippen LogP) is 3.93. The summed E-state index contributed by atoms with van der Waals surface area (Å²) in [4.78, 5) is 4.28. The molecule has 2 rings (SSSR count). The lowest BCUT2D eigenvalue weighted by atomic mass is 9.77. The fourth-order valence-corrected chi connectivity index (χ4v) is 3.27. The minimum atomic E-state index is 0.451. The molecule has 17 heavy (non-hydrogen) atoms. The topological polar surface area (TPSA) is 24.9 Å². The first-order valence-electron chi connectivity index (χ1n) is 6.48. The van der Waals surface area contributed by atoms with E-state index in [2.05, 4.69) is 46.3 Å². The van der Waals surface area contributed by atoms with Crippen molar-refractivity contribution in [3.8, 4) is 0 Å². The van der Waals surface area contributed by atoms with E-state index in [-0.39, 0.29) is 0 Å². The van der Waals surface area contributed by atoms with Gasteiger partial charge in [0, 0.05) is 22.9 Å². The molecule has 1 aromatic rings. The van der Waals surface area contributed by atoms with E-state index in [4.69, 9.17) is 0 Å². The third-order valence-corrected chi connectivity index (χ3v) is 4.36. The van der Waals surface area contributed by atoms with Crippen LogP contribution in [0.5, 0.6) is 0 Å². The number of halogens is 1. The van der Waals surface area contributed by atoms with Crippen LogP contribution in [0.4, 0.5) is 0 Å². The molecule has 1 fully saturated rings. The van der Waals surface area contributed by atoms with Gasteiger partial charge in [-0.25, -0.2) is 0 Å². The number of aromatic nitrogens is 1. The van der Waals surface area contributed by atoms with Crippen molar-refractivity contribution in [2.45, 2.75) is 38.6 Å². The van der Waals surface area contributed by atoms with E-state index in [9.17, 15) is 0 Å². The molecule has 0 radical (unpaired) electrons. The monoisotopic (exact) mass is 296 g/mol. The summed E-state index contributed by atoms with van der Waals surface area (Å²) >= 11 is 3.50. The molecule has 0 bridgehead atoms. The Morgan fingerprint density at radius 2 is 2.00 bits per heavy atom. The molecule has 1 heterocycles. The zero-order chi connectivity index (χ0) is 12.3. The highest BCUT2D eigenvalue weighted by molar-refractivity contribution is 9.10. The Labute approximate surface area is 112 Å². The van der Waals surface area contributed by atoms with E-state index >= 15 is 0 Å². The van der Waals surface area contributed by atoms with E-state index < -0.39 is 0 Å². The predicted molar refractivity (Wildman–Crippen MR) is 74.9 cm³/mol. The Morgan fingerprint density at radius 3 is 2.59 bits per heavy atom. The van der Waals surface area contributed by atoms with Crippen molar-refractivity contribution in [3.05, 3.63) is 28.5 Å². The maximum Gasteiger partial charge on any atom is 0.0410 e. The van der Waals surface area contributed by atoms with Gasteiger partial charge in [0.05, 0.1) is 0 Å². The maximum absolute atomic E-state index is 4.28. The molecule has 0 aromatic carbocycles.